The summed E-state index contributed by atoms with van der Waals surface area (Å²) in [6.07, 6.45) is 5.45. The number of fused-ring (bicyclic) bond motifs is 2. The summed E-state index contributed by atoms with van der Waals surface area (Å²) in [6, 6.07) is 12.9. The lowest BCUT2D eigenvalue weighted by atomic mass is 9.73. The van der Waals surface area contributed by atoms with E-state index in [1.54, 1.807) is 13.4 Å². The van der Waals surface area contributed by atoms with Crippen LogP contribution in [0.3, 0.4) is 0 Å². The first kappa shape index (κ1) is 16.8. The Morgan fingerprint density at radius 1 is 1.12 bits per heavy atom. The highest BCUT2D eigenvalue weighted by Crippen LogP contribution is 2.52. The molecule has 1 unspecified atom stereocenters. The molecule has 0 bridgehead atoms. The second-order valence-electron chi connectivity index (χ2n) is 7.28. The van der Waals surface area contributed by atoms with Crippen LogP contribution in [0.4, 0.5) is 0 Å². The maximum Gasteiger partial charge on any atom is 0.117 e. The van der Waals surface area contributed by atoms with Crippen molar-refractivity contribution in [3.63, 3.8) is 0 Å². The minimum absolute atomic E-state index is 0.211. The molecule has 1 aromatic carbocycles. The Morgan fingerprint density at radius 3 is 2.72 bits per heavy atom. The highest BCUT2D eigenvalue weighted by molar-refractivity contribution is 5.42. The lowest BCUT2D eigenvalue weighted by Crippen LogP contribution is -2.41. The third-order valence-corrected chi connectivity index (χ3v) is 5.83. The van der Waals surface area contributed by atoms with Crippen molar-refractivity contribution in [1.29, 1.82) is 0 Å². The summed E-state index contributed by atoms with van der Waals surface area (Å²) in [4.78, 5) is 2.51. The van der Waals surface area contributed by atoms with Gasteiger partial charge in [0.1, 0.15) is 5.76 Å². The molecule has 1 aliphatic carbocycles. The molecule has 4 nitrogen and oxygen atoms in total. The Balaban J connectivity index is 1.45. The molecule has 0 N–H and O–H groups in total. The number of ether oxygens (including phenoxy) is 2. The van der Waals surface area contributed by atoms with Crippen molar-refractivity contribution in [3.8, 4) is 0 Å². The molecule has 4 rings (SSSR count). The summed E-state index contributed by atoms with van der Waals surface area (Å²) in [7, 11) is 1.72. The average Bonchev–Trinajstić information content (AvgIpc) is 3.25. The van der Waals surface area contributed by atoms with E-state index in [1.165, 1.54) is 24.0 Å². The van der Waals surface area contributed by atoms with Gasteiger partial charge in [0, 0.05) is 12.5 Å². The largest absolute Gasteiger partial charge is 0.468 e. The van der Waals surface area contributed by atoms with Crippen LogP contribution in [0.5, 0.6) is 0 Å². The second kappa shape index (κ2) is 7.32. The van der Waals surface area contributed by atoms with Gasteiger partial charge in [-0.3, -0.25) is 4.90 Å². The predicted octanol–water partition coefficient (Wildman–Crippen LogP) is 3.92. The molecule has 1 fully saturated rings. The lowest BCUT2D eigenvalue weighted by Gasteiger charge is -2.40. The van der Waals surface area contributed by atoms with Gasteiger partial charge in [-0.25, -0.2) is 0 Å². The van der Waals surface area contributed by atoms with Gasteiger partial charge in [0.15, 0.2) is 0 Å². The first-order valence-corrected chi connectivity index (χ1v) is 9.25. The molecule has 2 heterocycles. The fourth-order valence-corrected chi connectivity index (χ4v) is 4.49. The SMILES string of the molecule is COCCOC1CC2(CCN(Cc3ccco3)CC2)c2ccccc21. The Kier molecular flexibility index (Phi) is 4.93. The van der Waals surface area contributed by atoms with E-state index in [-0.39, 0.29) is 11.5 Å². The van der Waals surface area contributed by atoms with Gasteiger partial charge in [0.05, 0.1) is 32.1 Å². The Hall–Kier alpha value is -1.62. The van der Waals surface area contributed by atoms with E-state index in [9.17, 15) is 0 Å². The second-order valence-corrected chi connectivity index (χ2v) is 7.28. The Labute approximate surface area is 149 Å². The van der Waals surface area contributed by atoms with Gasteiger partial charge in [0.25, 0.3) is 0 Å². The molecular weight excluding hydrogens is 314 g/mol. The van der Waals surface area contributed by atoms with Gasteiger partial charge >= 0.3 is 0 Å². The average molecular weight is 341 g/mol. The topological polar surface area (TPSA) is 34.8 Å². The first-order valence-electron chi connectivity index (χ1n) is 9.25. The van der Waals surface area contributed by atoms with Gasteiger partial charge in [-0.2, -0.15) is 0 Å². The summed E-state index contributed by atoms with van der Waals surface area (Å²) in [6.45, 7) is 4.46. The van der Waals surface area contributed by atoms with Gasteiger partial charge < -0.3 is 13.9 Å². The van der Waals surface area contributed by atoms with Crippen LogP contribution >= 0.6 is 0 Å². The summed E-state index contributed by atoms with van der Waals surface area (Å²) in [5.74, 6) is 1.06. The van der Waals surface area contributed by atoms with Gasteiger partial charge in [0.2, 0.25) is 0 Å². The molecular formula is C21H27NO3. The quantitative estimate of drug-likeness (QED) is 0.746. The molecule has 2 aliphatic rings. The molecule has 25 heavy (non-hydrogen) atoms. The summed E-state index contributed by atoms with van der Waals surface area (Å²) in [5, 5.41) is 0. The zero-order valence-corrected chi connectivity index (χ0v) is 14.9. The van der Waals surface area contributed by atoms with Crippen molar-refractivity contribution in [2.45, 2.75) is 37.3 Å². The lowest BCUT2D eigenvalue weighted by molar-refractivity contribution is 0.00357. The van der Waals surface area contributed by atoms with Crippen LogP contribution in [0.2, 0.25) is 0 Å². The van der Waals surface area contributed by atoms with Crippen LogP contribution in [-0.2, 0) is 21.4 Å². The van der Waals surface area contributed by atoms with Gasteiger partial charge in [-0.1, -0.05) is 24.3 Å². The molecule has 0 radical (unpaired) electrons. The number of hydrogen-bond acceptors (Lipinski definition) is 4. The number of rotatable bonds is 6. The van der Waals surface area contributed by atoms with Gasteiger partial charge in [-0.05, 0) is 55.6 Å². The number of piperidine rings is 1. The van der Waals surface area contributed by atoms with Crippen LogP contribution in [0.1, 0.15) is 42.3 Å². The zero-order chi connectivity index (χ0) is 17.1. The van der Waals surface area contributed by atoms with Gasteiger partial charge in [-0.15, -0.1) is 0 Å². The van der Waals surface area contributed by atoms with Crippen LogP contribution < -0.4 is 0 Å². The summed E-state index contributed by atoms with van der Waals surface area (Å²) >= 11 is 0. The molecule has 1 spiro atoms. The third kappa shape index (κ3) is 3.39. The van der Waals surface area contributed by atoms with E-state index >= 15 is 0 Å². The number of benzene rings is 1. The monoisotopic (exact) mass is 341 g/mol. The van der Waals surface area contributed by atoms with Crippen molar-refractivity contribution in [3.05, 3.63) is 59.5 Å². The van der Waals surface area contributed by atoms with E-state index in [4.69, 9.17) is 13.9 Å². The first-order chi connectivity index (χ1) is 12.3. The highest BCUT2D eigenvalue weighted by atomic mass is 16.5. The van der Waals surface area contributed by atoms with Crippen LogP contribution in [-0.4, -0.2) is 38.3 Å². The van der Waals surface area contributed by atoms with E-state index < -0.39 is 0 Å². The van der Waals surface area contributed by atoms with Crippen LogP contribution in [0.25, 0.3) is 0 Å². The molecule has 1 atom stereocenters. The van der Waals surface area contributed by atoms with E-state index in [0.29, 0.717) is 13.2 Å². The molecule has 0 amide bonds. The molecule has 2 aromatic rings. The number of nitrogens with zero attached hydrogens (tertiary/aromatic N) is 1. The molecule has 1 saturated heterocycles. The molecule has 0 saturated carbocycles. The number of hydrogen-bond donors (Lipinski definition) is 0. The minimum atomic E-state index is 0.211. The molecule has 4 heteroatoms. The van der Waals surface area contributed by atoms with E-state index in [1.807, 2.05) is 6.07 Å². The molecule has 1 aromatic heterocycles. The summed E-state index contributed by atoms with van der Waals surface area (Å²) in [5.41, 5.74) is 3.17. The number of furan rings is 1. The number of methoxy groups -OCH3 is 1. The van der Waals surface area contributed by atoms with E-state index in [0.717, 1.165) is 31.8 Å². The van der Waals surface area contributed by atoms with Crippen molar-refractivity contribution in [2.75, 3.05) is 33.4 Å². The van der Waals surface area contributed by atoms with Crippen LogP contribution in [0, 0.1) is 0 Å². The maximum absolute atomic E-state index is 6.16. The fourth-order valence-electron chi connectivity index (χ4n) is 4.49. The van der Waals surface area contributed by atoms with Crippen molar-refractivity contribution in [1.82, 2.24) is 4.90 Å². The predicted molar refractivity (Wildman–Crippen MR) is 96.5 cm³/mol. The minimum Gasteiger partial charge on any atom is -0.468 e. The van der Waals surface area contributed by atoms with Crippen LogP contribution in [0.15, 0.2) is 47.1 Å². The molecule has 1 aliphatic heterocycles. The Bertz CT molecular complexity index is 674. The number of likely N-dealkylation sites (tertiary alicyclic amines) is 1. The van der Waals surface area contributed by atoms with E-state index in [2.05, 4.69) is 35.2 Å². The summed E-state index contributed by atoms with van der Waals surface area (Å²) < 4.78 is 16.8. The maximum atomic E-state index is 6.16. The van der Waals surface area contributed by atoms with Crippen molar-refractivity contribution in [2.24, 2.45) is 0 Å². The Morgan fingerprint density at radius 2 is 1.96 bits per heavy atom. The normalized spacial score (nSPS) is 22.4. The van der Waals surface area contributed by atoms with Crippen molar-refractivity contribution < 1.29 is 13.9 Å². The molecule has 134 valence electrons. The fraction of sp³-hybridized carbons (Fsp3) is 0.524. The third-order valence-electron chi connectivity index (χ3n) is 5.83. The van der Waals surface area contributed by atoms with Crippen molar-refractivity contribution >= 4 is 0 Å². The zero-order valence-electron chi connectivity index (χ0n) is 14.9. The standard InChI is InChI=1S/C21H27NO3/c1-23-13-14-25-20-15-21(19-7-3-2-6-18(19)20)8-10-22(11-9-21)16-17-5-4-12-24-17/h2-7,12,20H,8-11,13-16H2,1H3. The highest BCUT2D eigenvalue weighted by Gasteiger charge is 2.45. The smallest absolute Gasteiger partial charge is 0.117 e.